The molecule has 2 rings (SSSR count). The highest BCUT2D eigenvalue weighted by Gasteiger charge is 2.06. The molecule has 0 fully saturated rings. The molecule has 0 aromatic heterocycles. The zero-order chi connectivity index (χ0) is 15.1. The van der Waals surface area contributed by atoms with Gasteiger partial charge in [-0.25, -0.2) is 0 Å². The highest BCUT2D eigenvalue weighted by molar-refractivity contribution is 5.40. The maximum Gasteiger partial charge on any atom is 0.130 e. The molecule has 1 aromatic rings. The average molecular weight is 276 g/mol. The van der Waals surface area contributed by atoms with Gasteiger partial charge in [-0.2, -0.15) is 0 Å². The highest BCUT2D eigenvalue weighted by atomic mass is 16.5. The van der Waals surface area contributed by atoms with Crippen LogP contribution in [0.15, 0.2) is 103 Å². The van der Waals surface area contributed by atoms with E-state index in [4.69, 9.17) is 4.74 Å². The Bertz CT molecular complexity index is 627. The van der Waals surface area contributed by atoms with Crippen LogP contribution >= 0.6 is 0 Å². The summed E-state index contributed by atoms with van der Waals surface area (Å²) in [5.41, 5.74) is 1.81. The zero-order valence-electron chi connectivity index (χ0n) is 12.3. The first kappa shape index (κ1) is 14.9. The first-order valence-corrected chi connectivity index (χ1v) is 7.01. The van der Waals surface area contributed by atoms with E-state index in [9.17, 15) is 0 Å². The van der Waals surface area contributed by atoms with Crippen molar-refractivity contribution in [2.45, 2.75) is 6.92 Å². The number of ether oxygens (including phenoxy) is 1. The molecule has 0 spiro atoms. The van der Waals surface area contributed by atoms with E-state index in [0.717, 1.165) is 22.7 Å². The number of para-hydroxylation sites is 1. The smallest absolute Gasteiger partial charge is 0.130 e. The Morgan fingerprint density at radius 1 is 0.952 bits per heavy atom. The van der Waals surface area contributed by atoms with Gasteiger partial charge in [-0.15, -0.1) is 0 Å². The molecule has 106 valence electrons. The summed E-state index contributed by atoms with van der Waals surface area (Å²) in [5.74, 6) is 1.82. The van der Waals surface area contributed by atoms with Crippen LogP contribution in [0.1, 0.15) is 6.92 Å². The molecule has 0 amide bonds. The second-order valence-corrected chi connectivity index (χ2v) is 4.98. The van der Waals surface area contributed by atoms with Crippen molar-refractivity contribution in [3.05, 3.63) is 103 Å². The molecule has 1 aliphatic carbocycles. The molecule has 21 heavy (non-hydrogen) atoms. The van der Waals surface area contributed by atoms with Crippen LogP contribution in [0.3, 0.4) is 0 Å². The lowest BCUT2D eigenvalue weighted by Gasteiger charge is -2.12. The van der Waals surface area contributed by atoms with Crippen molar-refractivity contribution in [3.8, 4) is 5.75 Å². The zero-order valence-corrected chi connectivity index (χ0v) is 12.3. The Morgan fingerprint density at radius 2 is 1.67 bits per heavy atom. The Kier molecular flexibility index (Phi) is 5.16. The topological polar surface area (TPSA) is 9.23 Å². The van der Waals surface area contributed by atoms with Crippen molar-refractivity contribution >= 4 is 0 Å². The normalized spacial score (nSPS) is 24.6. The summed E-state index contributed by atoms with van der Waals surface area (Å²) >= 11 is 0. The summed E-state index contributed by atoms with van der Waals surface area (Å²) in [6.45, 7) is 10.2. The minimum Gasteiger partial charge on any atom is -0.457 e. The number of benzene rings is 1. The van der Waals surface area contributed by atoms with Crippen LogP contribution in [0.2, 0.25) is 0 Å². The molecule has 0 heterocycles. The molecule has 1 nitrogen and oxygen atoms in total. The number of rotatable bonds is 2. The third kappa shape index (κ3) is 4.81. The van der Waals surface area contributed by atoms with Crippen LogP contribution in [0.4, 0.5) is 0 Å². The van der Waals surface area contributed by atoms with Crippen LogP contribution in [0, 0.1) is 5.92 Å². The highest BCUT2D eigenvalue weighted by Crippen LogP contribution is 2.21. The van der Waals surface area contributed by atoms with E-state index in [-0.39, 0.29) is 5.92 Å². The van der Waals surface area contributed by atoms with Crippen LogP contribution in [0.5, 0.6) is 5.75 Å². The van der Waals surface area contributed by atoms with Crippen LogP contribution in [-0.2, 0) is 0 Å². The predicted octanol–water partition coefficient (Wildman–Crippen LogP) is 5.38. The maximum absolute atomic E-state index is 5.97. The quantitative estimate of drug-likeness (QED) is 0.704. The van der Waals surface area contributed by atoms with Crippen LogP contribution in [0.25, 0.3) is 0 Å². The van der Waals surface area contributed by atoms with Gasteiger partial charge in [0.25, 0.3) is 0 Å². The van der Waals surface area contributed by atoms with Crippen molar-refractivity contribution in [1.29, 1.82) is 0 Å². The largest absolute Gasteiger partial charge is 0.457 e. The first-order chi connectivity index (χ1) is 10.1. The fourth-order valence-corrected chi connectivity index (χ4v) is 1.88. The summed E-state index contributed by atoms with van der Waals surface area (Å²) in [6, 6.07) is 9.75. The summed E-state index contributed by atoms with van der Waals surface area (Å²) < 4.78 is 5.97. The minimum absolute atomic E-state index is 0.233. The lowest BCUT2D eigenvalue weighted by molar-refractivity contribution is 0.434. The van der Waals surface area contributed by atoms with Crippen molar-refractivity contribution < 1.29 is 4.74 Å². The second-order valence-electron chi connectivity index (χ2n) is 4.98. The number of hydrogen-bond acceptors (Lipinski definition) is 1. The van der Waals surface area contributed by atoms with E-state index in [1.165, 1.54) is 0 Å². The summed E-state index contributed by atoms with van der Waals surface area (Å²) in [7, 11) is 0. The molecule has 1 aliphatic rings. The summed E-state index contributed by atoms with van der Waals surface area (Å²) in [5, 5.41) is 0. The third-order valence-electron chi connectivity index (χ3n) is 3.03. The summed E-state index contributed by atoms with van der Waals surface area (Å²) in [4.78, 5) is 0. The van der Waals surface area contributed by atoms with Gasteiger partial charge >= 0.3 is 0 Å². The van der Waals surface area contributed by atoms with E-state index in [0.29, 0.717) is 0 Å². The molecule has 1 aromatic carbocycles. The fourth-order valence-electron chi connectivity index (χ4n) is 1.88. The second kappa shape index (κ2) is 7.30. The molecular formula is C20H20O. The average Bonchev–Trinajstić information content (AvgIpc) is 2.51. The third-order valence-corrected chi connectivity index (χ3v) is 3.03. The van der Waals surface area contributed by atoms with E-state index in [1.54, 1.807) is 0 Å². The molecule has 0 saturated carbocycles. The lowest BCUT2D eigenvalue weighted by atomic mass is 10.1. The first-order valence-electron chi connectivity index (χ1n) is 7.01. The van der Waals surface area contributed by atoms with Gasteiger partial charge in [-0.05, 0) is 29.7 Å². The SMILES string of the molecule is C=C1C=CC(C)/C=C(/Oc2ccccc2)C(=C)/C=C\C=C/1. The predicted molar refractivity (Wildman–Crippen MR) is 90.0 cm³/mol. The minimum atomic E-state index is 0.233. The van der Waals surface area contributed by atoms with Gasteiger partial charge in [-0.1, -0.05) is 74.7 Å². The van der Waals surface area contributed by atoms with Gasteiger partial charge in [-0.3, -0.25) is 0 Å². The molecule has 1 unspecified atom stereocenters. The van der Waals surface area contributed by atoms with Gasteiger partial charge in [0.1, 0.15) is 11.5 Å². The molecule has 0 radical (unpaired) electrons. The van der Waals surface area contributed by atoms with E-state index in [1.807, 2.05) is 60.7 Å². The van der Waals surface area contributed by atoms with Crippen LogP contribution < -0.4 is 4.74 Å². The standard InChI is InChI=1S/C20H20O/c1-16-9-7-8-10-18(3)20(15-17(2)14-13-16)21-19-11-5-4-6-12-19/h4-15,17H,1,3H2,2H3/b9-7-,10-8-,14-13?,20-15+. The number of hydrogen-bond donors (Lipinski definition) is 0. The number of allylic oxidation sites excluding steroid dienone is 8. The lowest BCUT2D eigenvalue weighted by Crippen LogP contribution is -2.00. The molecule has 0 aliphatic heterocycles. The molecule has 1 heteroatoms. The molecule has 0 N–H and O–H groups in total. The summed E-state index contributed by atoms with van der Waals surface area (Å²) in [6.07, 6.45) is 14.0. The molecule has 0 saturated heterocycles. The fraction of sp³-hybridized carbons (Fsp3) is 0.100. The van der Waals surface area contributed by atoms with Crippen molar-refractivity contribution in [2.75, 3.05) is 0 Å². The Labute approximate surface area is 127 Å². The molecule has 0 bridgehead atoms. The van der Waals surface area contributed by atoms with Crippen molar-refractivity contribution in [3.63, 3.8) is 0 Å². The molecular weight excluding hydrogens is 256 g/mol. The molecule has 1 atom stereocenters. The monoisotopic (exact) mass is 276 g/mol. The van der Waals surface area contributed by atoms with Crippen molar-refractivity contribution in [2.24, 2.45) is 5.92 Å². The van der Waals surface area contributed by atoms with Gasteiger partial charge in [0.05, 0.1) is 0 Å². The Morgan fingerprint density at radius 3 is 2.43 bits per heavy atom. The van der Waals surface area contributed by atoms with E-state index < -0.39 is 0 Å². The van der Waals surface area contributed by atoms with Gasteiger partial charge in [0.2, 0.25) is 0 Å². The Hall–Kier alpha value is -2.54. The van der Waals surface area contributed by atoms with Gasteiger partial charge in [0, 0.05) is 5.57 Å². The Balaban J connectivity index is 2.30. The van der Waals surface area contributed by atoms with E-state index in [2.05, 4.69) is 32.2 Å². The van der Waals surface area contributed by atoms with Crippen molar-refractivity contribution in [1.82, 2.24) is 0 Å². The van der Waals surface area contributed by atoms with Gasteiger partial charge < -0.3 is 4.74 Å². The van der Waals surface area contributed by atoms with Crippen LogP contribution in [-0.4, -0.2) is 0 Å². The van der Waals surface area contributed by atoms with E-state index >= 15 is 0 Å². The maximum atomic E-state index is 5.97. The van der Waals surface area contributed by atoms with Gasteiger partial charge in [0.15, 0.2) is 0 Å².